The van der Waals surface area contributed by atoms with Gasteiger partial charge in [0, 0.05) is 38.1 Å². The molecule has 3 aliphatic rings. The van der Waals surface area contributed by atoms with E-state index in [0.29, 0.717) is 31.4 Å². The number of esters is 1. The van der Waals surface area contributed by atoms with E-state index in [1.54, 1.807) is 21.0 Å². The predicted octanol–water partition coefficient (Wildman–Crippen LogP) is 4.93. The number of carbonyl (C=O) groups excluding carboxylic acids is 2. The highest BCUT2D eigenvalue weighted by Crippen LogP contribution is 2.39. The van der Waals surface area contributed by atoms with Crippen LogP contribution in [-0.4, -0.2) is 99.1 Å². The van der Waals surface area contributed by atoms with Gasteiger partial charge < -0.3 is 23.8 Å². The molecule has 1 saturated carbocycles. The molecule has 0 bridgehead atoms. The van der Waals surface area contributed by atoms with E-state index in [9.17, 15) is 9.59 Å². The summed E-state index contributed by atoms with van der Waals surface area (Å²) in [5.74, 6) is -0.501. The topological polar surface area (TPSA) is 77.5 Å². The van der Waals surface area contributed by atoms with E-state index in [1.165, 1.54) is 19.3 Å². The maximum atomic E-state index is 14.1. The maximum absolute atomic E-state index is 14.1. The molecule has 2 heterocycles. The van der Waals surface area contributed by atoms with E-state index in [2.05, 4.69) is 51.7 Å². The summed E-state index contributed by atoms with van der Waals surface area (Å²) in [6.45, 7) is 12.8. The van der Waals surface area contributed by atoms with Crippen molar-refractivity contribution in [1.82, 2.24) is 9.80 Å². The number of cyclic esters (lactones) is 1. The number of ether oxygens (including phenoxy) is 4. The number of ketones is 1. The van der Waals surface area contributed by atoms with Gasteiger partial charge in [0.15, 0.2) is 12.1 Å². The minimum Gasteiger partial charge on any atom is -0.463 e. The van der Waals surface area contributed by atoms with Crippen molar-refractivity contribution >= 4 is 11.8 Å². The van der Waals surface area contributed by atoms with Crippen molar-refractivity contribution in [1.29, 1.82) is 0 Å². The minimum atomic E-state index is -1.31. The van der Waals surface area contributed by atoms with Crippen LogP contribution >= 0.6 is 0 Å². The molecule has 8 atom stereocenters. The summed E-state index contributed by atoms with van der Waals surface area (Å²) in [4.78, 5) is 32.2. The lowest BCUT2D eigenvalue weighted by molar-refractivity contribution is -0.263. The largest absolute Gasteiger partial charge is 0.463 e. The van der Waals surface area contributed by atoms with Gasteiger partial charge in [-0.25, -0.2) is 0 Å². The third-order valence-corrected chi connectivity index (χ3v) is 10.0. The zero-order valence-corrected chi connectivity index (χ0v) is 27.0. The Hall–Kier alpha value is -1.06. The molecule has 8 heteroatoms. The van der Waals surface area contributed by atoms with Gasteiger partial charge in [0.05, 0.1) is 17.8 Å². The number of rotatable bonds is 5. The van der Waals surface area contributed by atoms with Gasteiger partial charge in [0.1, 0.15) is 12.0 Å². The van der Waals surface area contributed by atoms with Crippen LogP contribution in [0.5, 0.6) is 0 Å². The second-order valence-corrected chi connectivity index (χ2v) is 14.1. The summed E-state index contributed by atoms with van der Waals surface area (Å²) in [6, 6.07) is 0.454. The Morgan fingerprint density at radius 3 is 2.25 bits per heavy atom. The van der Waals surface area contributed by atoms with E-state index in [1.807, 2.05) is 6.92 Å². The third-order valence-electron chi connectivity index (χ3n) is 10.0. The first kappa shape index (κ1) is 33.4. The SMILES string of the molecule is CO[C@]1(C)C[C@@H](C)CN(C)C(C2CCCCC2)COC(=O)C(C)(C)C(=O)[C@H](C)[C@H]1O[C@H]1C[C@@H](N(C)C)C[C@@H](C)O1. The number of carbonyl (C=O) groups is 2. The van der Waals surface area contributed by atoms with Crippen LogP contribution in [0, 0.1) is 23.2 Å². The zero-order valence-electron chi connectivity index (χ0n) is 27.0. The van der Waals surface area contributed by atoms with Crippen LogP contribution in [0.3, 0.4) is 0 Å². The zero-order chi connectivity index (χ0) is 29.8. The van der Waals surface area contributed by atoms with E-state index in [0.717, 1.165) is 25.8 Å². The highest BCUT2D eigenvalue weighted by Gasteiger charge is 2.50. The van der Waals surface area contributed by atoms with Crippen molar-refractivity contribution in [2.75, 3.05) is 41.4 Å². The maximum Gasteiger partial charge on any atom is 0.319 e. The van der Waals surface area contributed by atoms with Gasteiger partial charge in [-0.3, -0.25) is 14.5 Å². The molecular formula is C32H58N2O6. The molecule has 0 amide bonds. The van der Waals surface area contributed by atoms with Crippen molar-refractivity contribution < 1.29 is 28.5 Å². The number of Topliss-reactive ketones (excluding diaryl/α,β-unsaturated/α-hetero) is 1. The smallest absolute Gasteiger partial charge is 0.319 e. The number of nitrogens with zero attached hydrogens (tertiary/aromatic N) is 2. The van der Waals surface area contributed by atoms with Gasteiger partial charge in [0.2, 0.25) is 0 Å². The van der Waals surface area contributed by atoms with Crippen LogP contribution in [-0.2, 0) is 28.5 Å². The molecule has 8 nitrogen and oxygen atoms in total. The molecule has 0 aromatic rings. The molecule has 40 heavy (non-hydrogen) atoms. The Morgan fingerprint density at radius 1 is 1.00 bits per heavy atom. The Morgan fingerprint density at radius 2 is 1.65 bits per heavy atom. The Balaban J connectivity index is 1.96. The monoisotopic (exact) mass is 566 g/mol. The highest BCUT2D eigenvalue weighted by atomic mass is 16.7. The second-order valence-electron chi connectivity index (χ2n) is 14.1. The lowest BCUT2D eigenvalue weighted by Gasteiger charge is -2.45. The van der Waals surface area contributed by atoms with Gasteiger partial charge in [-0.05, 0) is 86.4 Å². The fourth-order valence-corrected chi connectivity index (χ4v) is 7.53. The quantitative estimate of drug-likeness (QED) is 0.343. The van der Waals surface area contributed by atoms with Gasteiger partial charge in [0.25, 0.3) is 0 Å². The lowest BCUT2D eigenvalue weighted by Crippen LogP contribution is -2.55. The summed E-state index contributed by atoms with van der Waals surface area (Å²) in [6.07, 6.45) is 7.34. The first-order valence-electron chi connectivity index (χ1n) is 15.6. The van der Waals surface area contributed by atoms with Crippen LogP contribution in [0.1, 0.15) is 92.9 Å². The first-order chi connectivity index (χ1) is 18.7. The van der Waals surface area contributed by atoms with Gasteiger partial charge in [-0.2, -0.15) is 0 Å². The average molecular weight is 567 g/mol. The molecule has 0 N–H and O–H groups in total. The van der Waals surface area contributed by atoms with E-state index in [4.69, 9.17) is 18.9 Å². The molecule has 2 saturated heterocycles. The Kier molecular flexibility index (Phi) is 11.7. The normalized spacial score (nSPS) is 39.7. The second kappa shape index (κ2) is 13.9. The molecular weight excluding hydrogens is 508 g/mol. The Bertz CT molecular complexity index is 843. The lowest BCUT2D eigenvalue weighted by atomic mass is 9.74. The van der Waals surface area contributed by atoms with E-state index >= 15 is 0 Å². The molecule has 2 aliphatic heterocycles. The third kappa shape index (κ3) is 7.85. The van der Waals surface area contributed by atoms with Crippen molar-refractivity contribution in [3.63, 3.8) is 0 Å². The molecule has 3 fully saturated rings. The van der Waals surface area contributed by atoms with Gasteiger partial charge >= 0.3 is 5.97 Å². The fraction of sp³-hybridized carbons (Fsp3) is 0.938. The molecule has 0 aromatic carbocycles. The molecule has 0 aromatic heterocycles. The molecule has 1 aliphatic carbocycles. The van der Waals surface area contributed by atoms with Crippen molar-refractivity contribution in [2.45, 2.75) is 129 Å². The van der Waals surface area contributed by atoms with Crippen molar-refractivity contribution in [3.05, 3.63) is 0 Å². The summed E-state index contributed by atoms with van der Waals surface area (Å²) in [5, 5.41) is 0. The van der Waals surface area contributed by atoms with E-state index in [-0.39, 0.29) is 23.8 Å². The molecule has 1 unspecified atom stereocenters. The van der Waals surface area contributed by atoms with E-state index < -0.39 is 35.3 Å². The predicted molar refractivity (Wildman–Crippen MR) is 157 cm³/mol. The first-order valence-corrected chi connectivity index (χ1v) is 15.6. The molecule has 0 radical (unpaired) electrons. The summed E-state index contributed by atoms with van der Waals surface area (Å²) >= 11 is 0. The van der Waals surface area contributed by atoms with Crippen LogP contribution < -0.4 is 0 Å². The number of hydrogen-bond acceptors (Lipinski definition) is 8. The summed E-state index contributed by atoms with van der Waals surface area (Å²) in [7, 11) is 8.02. The van der Waals surface area contributed by atoms with Crippen LogP contribution in [0.25, 0.3) is 0 Å². The van der Waals surface area contributed by atoms with Crippen LogP contribution in [0.2, 0.25) is 0 Å². The minimum absolute atomic E-state index is 0.0384. The Labute approximate surface area is 243 Å². The molecule has 3 rings (SSSR count). The standard InChI is InChI=1S/C32H58N2O6/c1-21-18-32(6,37-10)29(40-27-17-25(33(7)8)16-22(2)39-27)23(3)28(35)31(4,5)30(36)38-20-26(34(9)19-21)24-14-12-11-13-15-24/h21-27,29H,11-20H2,1-10H3/t21-,22-,23+,25+,26?,27+,29-,32-/m1/s1. The van der Waals surface area contributed by atoms with Crippen LogP contribution in [0.15, 0.2) is 0 Å². The van der Waals surface area contributed by atoms with Crippen molar-refractivity contribution in [3.8, 4) is 0 Å². The van der Waals surface area contributed by atoms with Gasteiger partial charge in [-0.1, -0.05) is 33.1 Å². The van der Waals surface area contributed by atoms with Crippen LogP contribution in [0.4, 0.5) is 0 Å². The number of likely N-dealkylation sites (N-methyl/N-ethyl adjacent to an activating group) is 1. The number of methoxy groups -OCH3 is 1. The highest BCUT2D eigenvalue weighted by molar-refractivity contribution is 6.04. The fourth-order valence-electron chi connectivity index (χ4n) is 7.53. The number of hydrogen-bond donors (Lipinski definition) is 0. The summed E-state index contributed by atoms with van der Waals surface area (Å²) < 4.78 is 25.3. The van der Waals surface area contributed by atoms with Crippen molar-refractivity contribution in [2.24, 2.45) is 23.2 Å². The average Bonchev–Trinajstić information content (AvgIpc) is 2.90. The molecule has 0 spiro atoms. The van der Waals surface area contributed by atoms with Gasteiger partial charge in [-0.15, -0.1) is 0 Å². The summed E-state index contributed by atoms with van der Waals surface area (Å²) in [5.41, 5.74) is -2.07. The molecule has 232 valence electrons.